The lowest BCUT2D eigenvalue weighted by Crippen LogP contribution is -2.15. The Hall–Kier alpha value is -0.940. The normalized spacial score (nSPS) is 14.5. The van der Waals surface area contributed by atoms with Gasteiger partial charge in [0.1, 0.15) is 0 Å². The molecule has 0 aliphatic heterocycles. The van der Waals surface area contributed by atoms with Gasteiger partial charge in [-0.25, -0.2) is 0 Å². The summed E-state index contributed by atoms with van der Waals surface area (Å²) in [6.07, 6.45) is 0.0122. The van der Waals surface area contributed by atoms with Gasteiger partial charge in [0.15, 0.2) is 0 Å². The third kappa shape index (κ3) is 2.80. The molecule has 4 nitrogen and oxygen atoms in total. The third-order valence-corrected chi connectivity index (χ3v) is 3.17. The van der Waals surface area contributed by atoms with E-state index in [9.17, 15) is 15.2 Å². The van der Waals surface area contributed by atoms with Crippen molar-refractivity contribution in [3.63, 3.8) is 0 Å². The fourth-order valence-electron chi connectivity index (χ4n) is 1.62. The van der Waals surface area contributed by atoms with E-state index in [4.69, 9.17) is 0 Å². The first-order valence-corrected chi connectivity index (χ1v) is 5.88. The average Bonchev–Trinajstić information content (AvgIpc) is 2.26. The summed E-state index contributed by atoms with van der Waals surface area (Å²) in [5, 5.41) is 20.6. The lowest BCUT2D eigenvalue weighted by Gasteiger charge is -2.17. The van der Waals surface area contributed by atoms with Crippen molar-refractivity contribution in [2.24, 2.45) is 0 Å². The van der Waals surface area contributed by atoms with Gasteiger partial charge in [0, 0.05) is 22.0 Å². The first-order chi connectivity index (χ1) is 7.47. The van der Waals surface area contributed by atoms with Crippen molar-refractivity contribution in [3.8, 4) is 0 Å². The molecular weight excluding hydrogens is 274 g/mol. The van der Waals surface area contributed by atoms with Crippen LogP contribution in [0.1, 0.15) is 31.7 Å². The lowest BCUT2D eigenvalue weighted by molar-refractivity contribution is -0.385. The summed E-state index contributed by atoms with van der Waals surface area (Å²) in [5.74, 6) is -0.247. The number of aliphatic hydroxyl groups is 1. The van der Waals surface area contributed by atoms with E-state index in [1.54, 1.807) is 19.1 Å². The standard InChI is InChI=1S/C11H14BrNO3/c1-3-11(14)7(2)9-6-8(12)4-5-10(9)13(15)16/h4-7,11,14H,3H2,1-2H3. The fraction of sp³-hybridized carbons (Fsp3) is 0.455. The highest BCUT2D eigenvalue weighted by molar-refractivity contribution is 9.10. The maximum absolute atomic E-state index is 10.9. The van der Waals surface area contributed by atoms with E-state index in [1.165, 1.54) is 6.07 Å². The number of nitro benzene ring substituents is 1. The number of halogens is 1. The van der Waals surface area contributed by atoms with Crippen LogP contribution in [-0.2, 0) is 0 Å². The highest BCUT2D eigenvalue weighted by Gasteiger charge is 2.23. The highest BCUT2D eigenvalue weighted by Crippen LogP contribution is 2.32. The average molecular weight is 288 g/mol. The number of hydrogen-bond donors (Lipinski definition) is 1. The molecule has 1 rings (SSSR count). The van der Waals surface area contributed by atoms with Gasteiger partial charge < -0.3 is 5.11 Å². The Morgan fingerprint density at radius 1 is 1.56 bits per heavy atom. The smallest absolute Gasteiger partial charge is 0.273 e. The van der Waals surface area contributed by atoms with Crippen molar-refractivity contribution < 1.29 is 10.0 Å². The summed E-state index contributed by atoms with van der Waals surface area (Å²) in [5.41, 5.74) is 0.622. The number of hydrogen-bond acceptors (Lipinski definition) is 3. The van der Waals surface area contributed by atoms with Crippen LogP contribution in [0, 0.1) is 10.1 Å². The number of nitrogens with zero attached hydrogens (tertiary/aromatic N) is 1. The van der Waals surface area contributed by atoms with E-state index in [0.717, 1.165) is 4.47 Å². The first kappa shape index (κ1) is 13.1. The summed E-state index contributed by atoms with van der Waals surface area (Å²) in [4.78, 5) is 10.4. The van der Waals surface area contributed by atoms with E-state index in [-0.39, 0.29) is 11.6 Å². The van der Waals surface area contributed by atoms with Crippen LogP contribution in [0.15, 0.2) is 22.7 Å². The number of aliphatic hydroxyl groups excluding tert-OH is 1. The van der Waals surface area contributed by atoms with Gasteiger partial charge in [0.2, 0.25) is 0 Å². The van der Waals surface area contributed by atoms with Crippen LogP contribution in [0.4, 0.5) is 5.69 Å². The predicted molar refractivity (Wildman–Crippen MR) is 65.5 cm³/mol. The second-order valence-electron chi connectivity index (χ2n) is 3.72. The van der Waals surface area contributed by atoms with Crippen LogP contribution < -0.4 is 0 Å². The first-order valence-electron chi connectivity index (χ1n) is 5.09. The molecule has 0 heterocycles. The minimum Gasteiger partial charge on any atom is -0.393 e. The molecule has 0 spiro atoms. The third-order valence-electron chi connectivity index (χ3n) is 2.67. The van der Waals surface area contributed by atoms with Gasteiger partial charge in [-0.15, -0.1) is 0 Å². The predicted octanol–water partition coefficient (Wildman–Crippen LogP) is 3.23. The molecule has 2 atom stereocenters. The molecule has 0 amide bonds. The minimum atomic E-state index is -0.562. The van der Waals surface area contributed by atoms with Gasteiger partial charge in [-0.2, -0.15) is 0 Å². The molecule has 0 aliphatic rings. The largest absolute Gasteiger partial charge is 0.393 e. The van der Waals surface area contributed by atoms with E-state index in [0.29, 0.717) is 12.0 Å². The molecule has 88 valence electrons. The molecule has 16 heavy (non-hydrogen) atoms. The van der Waals surface area contributed by atoms with Crippen molar-refractivity contribution in [2.45, 2.75) is 32.3 Å². The molecule has 0 saturated carbocycles. The summed E-state index contributed by atoms with van der Waals surface area (Å²) < 4.78 is 0.781. The molecule has 5 heteroatoms. The summed E-state index contributed by atoms with van der Waals surface area (Å²) in [7, 11) is 0. The monoisotopic (exact) mass is 287 g/mol. The highest BCUT2D eigenvalue weighted by atomic mass is 79.9. The Morgan fingerprint density at radius 3 is 2.69 bits per heavy atom. The Kier molecular flexibility index (Phi) is 4.44. The SMILES string of the molecule is CCC(O)C(C)c1cc(Br)ccc1[N+](=O)[O-]. The molecule has 0 saturated heterocycles. The molecule has 1 N–H and O–H groups in total. The van der Waals surface area contributed by atoms with Crippen molar-refractivity contribution in [1.29, 1.82) is 0 Å². The van der Waals surface area contributed by atoms with Gasteiger partial charge in [-0.05, 0) is 18.6 Å². The number of benzene rings is 1. The van der Waals surface area contributed by atoms with Gasteiger partial charge in [0.25, 0.3) is 5.69 Å². The number of nitro groups is 1. The Labute approximate surface area is 103 Å². The van der Waals surface area contributed by atoms with E-state index >= 15 is 0 Å². The lowest BCUT2D eigenvalue weighted by atomic mass is 9.92. The quantitative estimate of drug-likeness (QED) is 0.683. The van der Waals surface area contributed by atoms with Crippen LogP contribution >= 0.6 is 15.9 Å². The zero-order chi connectivity index (χ0) is 12.3. The Balaban J connectivity index is 3.19. The van der Waals surface area contributed by atoms with Crippen molar-refractivity contribution >= 4 is 21.6 Å². The topological polar surface area (TPSA) is 63.4 Å². The molecule has 0 aromatic heterocycles. The molecule has 0 radical (unpaired) electrons. The van der Waals surface area contributed by atoms with Gasteiger partial charge >= 0.3 is 0 Å². The second kappa shape index (κ2) is 5.41. The summed E-state index contributed by atoms with van der Waals surface area (Å²) in [6.45, 7) is 3.65. The zero-order valence-corrected chi connectivity index (χ0v) is 10.8. The molecule has 0 aliphatic carbocycles. The van der Waals surface area contributed by atoms with Crippen molar-refractivity contribution in [1.82, 2.24) is 0 Å². The summed E-state index contributed by atoms with van der Waals surface area (Å²) >= 11 is 3.28. The van der Waals surface area contributed by atoms with E-state index in [1.807, 2.05) is 6.92 Å². The van der Waals surface area contributed by atoms with Crippen LogP contribution in [0.25, 0.3) is 0 Å². The van der Waals surface area contributed by atoms with Crippen molar-refractivity contribution in [3.05, 3.63) is 38.3 Å². The Morgan fingerprint density at radius 2 is 2.19 bits per heavy atom. The molecule has 1 aromatic rings. The zero-order valence-electron chi connectivity index (χ0n) is 9.18. The maximum atomic E-state index is 10.9. The van der Waals surface area contributed by atoms with E-state index < -0.39 is 11.0 Å². The van der Waals surface area contributed by atoms with Crippen molar-refractivity contribution in [2.75, 3.05) is 0 Å². The van der Waals surface area contributed by atoms with Gasteiger partial charge in [-0.1, -0.05) is 29.8 Å². The molecule has 0 fully saturated rings. The van der Waals surface area contributed by atoms with Gasteiger partial charge in [0.05, 0.1) is 11.0 Å². The van der Waals surface area contributed by atoms with Crippen LogP contribution in [-0.4, -0.2) is 16.1 Å². The van der Waals surface area contributed by atoms with Gasteiger partial charge in [-0.3, -0.25) is 10.1 Å². The summed E-state index contributed by atoms with van der Waals surface area (Å²) in [6, 6.07) is 4.78. The van der Waals surface area contributed by atoms with Crippen LogP contribution in [0.3, 0.4) is 0 Å². The maximum Gasteiger partial charge on any atom is 0.273 e. The van der Waals surface area contributed by atoms with E-state index in [2.05, 4.69) is 15.9 Å². The molecule has 2 unspecified atom stereocenters. The van der Waals surface area contributed by atoms with Crippen LogP contribution in [0.2, 0.25) is 0 Å². The molecule has 1 aromatic carbocycles. The molecular formula is C11H14BrNO3. The number of rotatable bonds is 4. The minimum absolute atomic E-state index is 0.0585. The second-order valence-corrected chi connectivity index (χ2v) is 4.64. The fourth-order valence-corrected chi connectivity index (χ4v) is 2.00. The Bertz CT molecular complexity index is 395. The molecule has 0 bridgehead atoms. The van der Waals surface area contributed by atoms with Crippen LogP contribution in [0.5, 0.6) is 0 Å².